The van der Waals surface area contributed by atoms with Crippen molar-refractivity contribution in [3.63, 3.8) is 0 Å². The molecule has 0 amide bonds. The van der Waals surface area contributed by atoms with Gasteiger partial charge in [0.2, 0.25) is 0 Å². The second-order valence-electron chi connectivity index (χ2n) is 3.28. The highest BCUT2D eigenvalue weighted by molar-refractivity contribution is 7.90. The predicted molar refractivity (Wildman–Crippen MR) is 54.1 cm³/mol. The lowest BCUT2D eigenvalue weighted by molar-refractivity contribution is 0.112. The van der Waals surface area contributed by atoms with E-state index in [2.05, 4.69) is 0 Å². The molecule has 1 rings (SSSR count). The van der Waals surface area contributed by atoms with Gasteiger partial charge in [0, 0.05) is 30.8 Å². The van der Waals surface area contributed by atoms with E-state index in [-0.39, 0.29) is 5.75 Å². The predicted octanol–water partition coefficient (Wildman–Crippen LogP) is 0.735. The summed E-state index contributed by atoms with van der Waals surface area (Å²) in [4.78, 5) is 10.3. The fourth-order valence-electron chi connectivity index (χ4n) is 1.18. The second kappa shape index (κ2) is 4.41. The van der Waals surface area contributed by atoms with E-state index in [4.69, 9.17) is 0 Å². The van der Waals surface area contributed by atoms with Crippen molar-refractivity contribution in [2.45, 2.75) is 13.0 Å². The Hall–Kier alpha value is -1.10. The number of hydrogen-bond acceptors (Lipinski definition) is 3. The normalized spacial score (nSPS) is 11.5. The lowest BCUT2D eigenvalue weighted by atomic mass is 10.4. The lowest BCUT2D eigenvalue weighted by Gasteiger charge is -2.00. The quantitative estimate of drug-likeness (QED) is 0.680. The molecule has 1 aromatic heterocycles. The summed E-state index contributed by atoms with van der Waals surface area (Å²) in [5.41, 5.74) is 0.615. The molecule has 1 heterocycles. The number of rotatable bonds is 5. The molecular weight excluding hydrogens is 202 g/mol. The average Bonchev–Trinajstić information content (AvgIpc) is 2.50. The van der Waals surface area contributed by atoms with Gasteiger partial charge in [-0.15, -0.1) is 0 Å². The smallest absolute Gasteiger partial charge is 0.151 e. The molecule has 0 saturated carbocycles. The van der Waals surface area contributed by atoms with Crippen molar-refractivity contribution >= 4 is 16.1 Å². The van der Waals surface area contributed by atoms with Crippen LogP contribution in [0.25, 0.3) is 0 Å². The van der Waals surface area contributed by atoms with Crippen molar-refractivity contribution < 1.29 is 13.2 Å². The van der Waals surface area contributed by atoms with Crippen LogP contribution >= 0.6 is 0 Å². The number of sulfone groups is 1. The lowest BCUT2D eigenvalue weighted by Crippen LogP contribution is -2.06. The van der Waals surface area contributed by atoms with Gasteiger partial charge >= 0.3 is 0 Å². The molecule has 5 heteroatoms. The Balaban J connectivity index is 2.42. The van der Waals surface area contributed by atoms with Crippen molar-refractivity contribution in [1.29, 1.82) is 0 Å². The van der Waals surface area contributed by atoms with Crippen molar-refractivity contribution in [2.75, 3.05) is 12.0 Å². The Morgan fingerprint density at radius 2 is 2.21 bits per heavy atom. The SMILES string of the molecule is CS(=O)(=O)CCCn1ccc(C=O)c1. The van der Waals surface area contributed by atoms with Crippen LogP contribution in [0.2, 0.25) is 0 Å². The van der Waals surface area contributed by atoms with E-state index >= 15 is 0 Å². The van der Waals surface area contributed by atoms with Gasteiger partial charge in [0.1, 0.15) is 9.84 Å². The summed E-state index contributed by atoms with van der Waals surface area (Å²) in [5, 5.41) is 0. The van der Waals surface area contributed by atoms with Crippen LogP contribution in [-0.2, 0) is 16.4 Å². The number of aromatic nitrogens is 1. The van der Waals surface area contributed by atoms with Crippen LogP contribution in [0.15, 0.2) is 18.5 Å². The van der Waals surface area contributed by atoms with E-state index in [1.54, 1.807) is 18.5 Å². The minimum absolute atomic E-state index is 0.182. The van der Waals surface area contributed by atoms with Crippen LogP contribution in [0.5, 0.6) is 0 Å². The number of aryl methyl sites for hydroxylation is 1. The number of carbonyl (C=O) groups is 1. The van der Waals surface area contributed by atoms with E-state index in [1.165, 1.54) is 6.26 Å². The van der Waals surface area contributed by atoms with Crippen molar-refractivity contribution in [1.82, 2.24) is 4.57 Å². The van der Waals surface area contributed by atoms with Crippen LogP contribution in [0.3, 0.4) is 0 Å². The van der Waals surface area contributed by atoms with Crippen LogP contribution in [-0.4, -0.2) is 31.3 Å². The highest BCUT2D eigenvalue weighted by Gasteiger charge is 2.01. The molecule has 0 aliphatic heterocycles. The summed E-state index contributed by atoms with van der Waals surface area (Å²) >= 11 is 0. The van der Waals surface area contributed by atoms with Gasteiger partial charge in [-0.1, -0.05) is 0 Å². The number of nitrogens with zero attached hydrogens (tertiary/aromatic N) is 1. The van der Waals surface area contributed by atoms with Gasteiger partial charge in [-0.25, -0.2) is 8.42 Å². The highest BCUT2D eigenvalue weighted by atomic mass is 32.2. The molecule has 0 atom stereocenters. The Bertz CT molecular complexity index is 405. The third kappa shape index (κ3) is 3.74. The third-order valence-corrected chi connectivity index (χ3v) is 2.87. The molecule has 0 aliphatic carbocycles. The maximum atomic E-state index is 10.8. The molecule has 1 aromatic rings. The zero-order chi connectivity index (χ0) is 10.6. The summed E-state index contributed by atoms with van der Waals surface area (Å²) in [6.07, 6.45) is 6.04. The largest absolute Gasteiger partial charge is 0.353 e. The molecule has 0 aromatic carbocycles. The van der Waals surface area contributed by atoms with Crippen molar-refractivity contribution in [3.8, 4) is 0 Å². The molecular formula is C9H13NO3S. The van der Waals surface area contributed by atoms with Gasteiger partial charge in [0.25, 0.3) is 0 Å². The minimum atomic E-state index is -2.88. The molecule has 0 spiro atoms. The summed E-state index contributed by atoms with van der Waals surface area (Å²) in [5.74, 6) is 0.182. The van der Waals surface area contributed by atoms with E-state index in [0.29, 0.717) is 18.5 Å². The Kier molecular flexibility index (Phi) is 3.46. The maximum Gasteiger partial charge on any atom is 0.151 e. The average molecular weight is 215 g/mol. The van der Waals surface area contributed by atoms with Crippen LogP contribution in [0.1, 0.15) is 16.8 Å². The van der Waals surface area contributed by atoms with Crippen molar-refractivity contribution in [3.05, 3.63) is 24.0 Å². The van der Waals surface area contributed by atoms with Crippen LogP contribution in [0, 0.1) is 0 Å². The molecule has 0 bridgehead atoms. The first-order valence-corrected chi connectivity index (χ1v) is 6.36. The maximum absolute atomic E-state index is 10.8. The first-order chi connectivity index (χ1) is 6.51. The fourth-order valence-corrected chi connectivity index (χ4v) is 1.83. The molecule has 14 heavy (non-hydrogen) atoms. The standard InChI is InChI=1S/C9H13NO3S/c1-14(12,13)6-2-4-10-5-3-9(7-10)8-11/h3,5,7-8H,2,4,6H2,1H3. The molecule has 4 nitrogen and oxygen atoms in total. The number of carbonyl (C=O) groups excluding carboxylic acids is 1. The Morgan fingerprint density at radius 3 is 2.71 bits per heavy atom. The molecule has 0 N–H and O–H groups in total. The molecule has 78 valence electrons. The molecule has 0 fully saturated rings. The van der Waals surface area contributed by atoms with Gasteiger partial charge in [-0.2, -0.15) is 0 Å². The Morgan fingerprint density at radius 1 is 1.50 bits per heavy atom. The number of hydrogen-bond donors (Lipinski definition) is 0. The second-order valence-corrected chi connectivity index (χ2v) is 5.54. The molecule has 0 aliphatic rings. The topological polar surface area (TPSA) is 56.1 Å². The van der Waals surface area contributed by atoms with E-state index < -0.39 is 9.84 Å². The molecule has 0 radical (unpaired) electrons. The minimum Gasteiger partial charge on any atom is -0.353 e. The first kappa shape index (κ1) is 11.0. The first-order valence-electron chi connectivity index (χ1n) is 4.30. The molecule has 0 saturated heterocycles. The monoisotopic (exact) mass is 215 g/mol. The van der Waals surface area contributed by atoms with Crippen molar-refractivity contribution in [2.24, 2.45) is 0 Å². The third-order valence-electron chi connectivity index (χ3n) is 1.84. The van der Waals surface area contributed by atoms with Gasteiger partial charge in [0.05, 0.1) is 5.75 Å². The van der Waals surface area contributed by atoms with E-state index in [1.807, 2.05) is 4.57 Å². The van der Waals surface area contributed by atoms with Gasteiger partial charge in [-0.3, -0.25) is 4.79 Å². The van der Waals surface area contributed by atoms with Gasteiger partial charge in [0.15, 0.2) is 6.29 Å². The summed E-state index contributed by atoms with van der Waals surface area (Å²) in [7, 11) is -2.88. The van der Waals surface area contributed by atoms with Gasteiger partial charge in [-0.05, 0) is 12.5 Å². The van der Waals surface area contributed by atoms with Crippen LogP contribution < -0.4 is 0 Å². The Labute approximate surface area is 83.5 Å². The zero-order valence-corrected chi connectivity index (χ0v) is 8.83. The summed E-state index contributed by atoms with van der Waals surface area (Å²) < 4.78 is 23.4. The zero-order valence-electron chi connectivity index (χ0n) is 8.01. The van der Waals surface area contributed by atoms with Gasteiger partial charge < -0.3 is 4.57 Å². The van der Waals surface area contributed by atoms with E-state index in [0.717, 1.165) is 6.29 Å². The summed E-state index contributed by atoms with van der Waals surface area (Å²) in [6.45, 7) is 0.626. The van der Waals surface area contributed by atoms with Crippen LogP contribution in [0.4, 0.5) is 0 Å². The van der Waals surface area contributed by atoms with E-state index in [9.17, 15) is 13.2 Å². The molecule has 0 unspecified atom stereocenters. The number of aldehydes is 1. The fraction of sp³-hybridized carbons (Fsp3) is 0.444. The highest BCUT2D eigenvalue weighted by Crippen LogP contribution is 2.00. The summed E-state index contributed by atoms with van der Waals surface area (Å²) in [6, 6.07) is 1.70.